The molecule has 1 fully saturated rings. The van der Waals surface area contributed by atoms with E-state index in [1.54, 1.807) is 0 Å². The van der Waals surface area contributed by atoms with E-state index in [1.807, 2.05) is 0 Å². The highest BCUT2D eigenvalue weighted by atomic mass is 19.1. The van der Waals surface area contributed by atoms with Gasteiger partial charge in [0.15, 0.2) is 0 Å². The molecule has 0 radical (unpaired) electrons. The first-order valence-electron chi connectivity index (χ1n) is 4.76. The van der Waals surface area contributed by atoms with E-state index in [2.05, 4.69) is 11.8 Å². The summed E-state index contributed by atoms with van der Waals surface area (Å²) >= 11 is 0. The van der Waals surface area contributed by atoms with Crippen molar-refractivity contribution in [3.8, 4) is 0 Å². The number of likely N-dealkylation sites (tertiary alicyclic amines) is 1. The first kappa shape index (κ1) is 9.93. The lowest BCUT2D eigenvalue weighted by molar-refractivity contribution is 0.125. The summed E-state index contributed by atoms with van der Waals surface area (Å²) in [6.45, 7) is 5.37. The Bertz CT molecular complexity index is 130. The van der Waals surface area contributed by atoms with E-state index in [0.717, 1.165) is 19.6 Å². The third kappa shape index (κ3) is 2.42. The molecule has 0 aliphatic carbocycles. The molecule has 0 aromatic carbocycles. The highest BCUT2D eigenvalue weighted by Crippen LogP contribution is 2.21. The Hall–Kier alpha value is -0.150. The number of piperidine rings is 1. The molecular formula is C9H19FN2. The third-order valence-electron chi connectivity index (χ3n) is 2.90. The fourth-order valence-electron chi connectivity index (χ4n) is 1.85. The number of halogens is 1. The lowest BCUT2D eigenvalue weighted by Crippen LogP contribution is -2.43. The minimum atomic E-state index is -0.230. The SMILES string of the molecule is CC1CCN(CCF)CC1CN. The van der Waals surface area contributed by atoms with E-state index in [-0.39, 0.29) is 6.67 Å². The molecule has 0 saturated carbocycles. The predicted molar refractivity (Wildman–Crippen MR) is 48.7 cm³/mol. The van der Waals surface area contributed by atoms with E-state index in [1.165, 1.54) is 6.42 Å². The summed E-state index contributed by atoms with van der Waals surface area (Å²) in [5.74, 6) is 1.29. The molecule has 2 unspecified atom stereocenters. The fourth-order valence-corrected chi connectivity index (χ4v) is 1.85. The smallest absolute Gasteiger partial charge is 0.102 e. The summed E-state index contributed by atoms with van der Waals surface area (Å²) < 4.78 is 12.0. The van der Waals surface area contributed by atoms with Crippen LogP contribution in [0.3, 0.4) is 0 Å². The van der Waals surface area contributed by atoms with Gasteiger partial charge >= 0.3 is 0 Å². The van der Waals surface area contributed by atoms with Gasteiger partial charge in [0.1, 0.15) is 6.67 Å². The zero-order valence-corrected chi connectivity index (χ0v) is 7.80. The van der Waals surface area contributed by atoms with Crippen molar-refractivity contribution in [3.63, 3.8) is 0 Å². The highest BCUT2D eigenvalue weighted by molar-refractivity contribution is 4.78. The Morgan fingerprint density at radius 1 is 1.58 bits per heavy atom. The van der Waals surface area contributed by atoms with Crippen LogP contribution in [0, 0.1) is 11.8 Å². The molecule has 0 amide bonds. The Morgan fingerprint density at radius 2 is 2.33 bits per heavy atom. The fraction of sp³-hybridized carbons (Fsp3) is 1.00. The van der Waals surface area contributed by atoms with Crippen molar-refractivity contribution in [3.05, 3.63) is 0 Å². The second-order valence-electron chi connectivity index (χ2n) is 3.75. The van der Waals surface area contributed by atoms with E-state index >= 15 is 0 Å². The van der Waals surface area contributed by atoms with Crippen LogP contribution >= 0.6 is 0 Å². The largest absolute Gasteiger partial charge is 0.330 e. The molecule has 2 nitrogen and oxygen atoms in total. The third-order valence-corrected chi connectivity index (χ3v) is 2.90. The maximum absolute atomic E-state index is 12.0. The van der Waals surface area contributed by atoms with Crippen LogP contribution in [0.2, 0.25) is 0 Å². The van der Waals surface area contributed by atoms with Crippen molar-refractivity contribution < 1.29 is 4.39 Å². The average molecular weight is 174 g/mol. The molecule has 1 heterocycles. The predicted octanol–water partition coefficient (Wildman–Crippen LogP) is 0.873. The van der Waals surface area contributed by atoms with Gasteiger partial charge in [-0.3, -0.25) is 0 Å². The molecule has 2 atom stereocenters. The lowest BCUT2D eigenvalue weighted by atomic mass is 9.87. The maximum atomic E-state index is 12.0. The van der Waals surface area contributed by atoms with Gasteiger partial charge in [-0.1, -0.05) is 6.92 Å². The summed E-state index contributed by atoms with van der Waals surface area (Å²) in [6, 6.07) is 0. The molecule has 2 N–H and O–H groups in total. The van der Waals surface area contributed by atoms with Crippen molar-refractivity contribution >= 4 is 0 Å². The maximum Gasteiger partial charge on any atom is 0.102 e. The highest BCUT2D eigenvalue weighted by Gasteiger charge is 2.24. The van der Waals surface area contributed by atoms with E-state index in [9.17, 15) is 4.39 Å². The van der Waals surface area contributed by atoms with Gasteiger partial charge in [0, 0.05) is 13.1 Å². The summed E-state index contributed by atoms with van der Waals surface area (Å²) in [5.41, 5.74) is 5.63. The second-order valence-corrected chi connectivity index (χ2v) is 3.75. The van der Waals surface area contributed by atoms with Gasteiger partial charge in [0.2, 0.25) is 0 Å². The summed E-state index contributed by atoms with van der Waals surface area (Å²) in [5, 5.41) is 0. The van der Waals surface area contributed by atoms with Gasteiger partial charge in [-0.25, -0.2) is 4.39 Å². The molecule has 0 bridgehead atoms. The summed E-state index contributed by atoms with van der Waals surface area (Å²) in [4.78, 5) is 2.18. The van der Waals surface area contributed by atoms with Crippen LogP contribution < -0.4 is 5.73 Å². The van der Waals surface area contributed by atoms with Crippen LogP contribution in [0.4, 0.5) is 4.39 Å². The van der Waals surface area contributed by atoms with Gasteiger partial charge in [0.25, 0.3) is 0 Å². The summed E-state index contributed by atoms with van der Waals surface area (Å²) in [6.07, 6.45) is 1.17. The number of alkyl halides is 1. The van der Waals surface area contributed by atoms with E-state index in [4.69, 9.17) is 5.73 Å². The topological polar surface area (TPSA) is 29.3 Å². The van der Waals surface area contributed by atoms with Crippen molar-refractivity contribution in [1.29, 1.82) is 0 Å². The molecule has 1 aliphatic heterocycles. The number of hydrogen-bond donors (Lipinski definition) is 1. The van der Waals surface area contributed by atoms with Crippen molar-refractivity contribution in [2.24, 2.45) is 17.6 Å². The monoisotopic (exact) mass is 174 g/mol. The molecule has 1 aliphatic rings. The van der Waals surface area contributed by atoms with Crippen molar-refractivity contribution in [2.75, 3.05) is 32.9 Å². The van der Waals surface area contributed by atoms with Crippen LogP contribution in [0.5, 0.6) is 0 Å². The van der Waals surface area contributed by atoms with Gasteiger partial charge < -0.3 is 10.6 Å². The quantitative estimate of drug-likeness (QED) is 0.688. The molecule has 0 aromatic heterocycles. The summed E-state index contributed by atoms with van der Waals surface area (Å²) in [7, 11) is 0. The molecule has 1 saturated heterocycles. The Morgan fingerprint density at radius 3 is 2.92 bits per heavy atom. The number of nitrogens with zero attached hydrogens (tertiary/aromatic N) is 1. The van der Waals surface area contributed by atoms with Gasteiger partial charge in [-0.05, 0) is 31.3 Å². The molecule has 1 rings (SSSR count). The van der Waals surface area contributed by atoms with Crippen molar-refractivity contribution in [1.82, 2.24) is 4.90 Å². The average Bonchev–Trinajstić information content (AvgIpc) is 2.09. The standard InChI is InChI=1S/C9H19FN2/c1-8-2-4-12(5-3-10)7-9(8)6-11/h8-9H,2-7,11H2,1H3. The molecular weight excluding hydrogens is 155 g/mol. The zero-order chi connectivity index (χ0) is 8.97. The number of nitrogens with two attached hydrogens (primary N) is 1. The van der Waals surface area contributed by atoms with Crippen LogP contribution in [0.25, 0.3) is 0 Å². The van der Waals surface area contributed by atoms with Crippen LogP contribution in [-0.4, -0.2) is 37.8 Å². The Kier molecular flexibility index (Phi) is 3.95. The zero-order valence-electron chi connectivity index (χ0n) is 7.80. The van der Waals surface area contributed by atoms with E-state index < -0.39 is 0 Å². The molecule has 3 heteroatoms. The second kappa shape index (κ2) is 4.77. The molecule has 0 aromatic rings. The normalized spacial score (nSPS) is 32.2. The minimum absolute atomic E-state index is 0.230. The molecule has 72 valence electrons. The van der Waals surface area contributed by atoms with Gasteiger partial charge in [-0.2, -0.15) is 0 Å². The van der Waals surface area contributed by atoms with E-state index in [0.29, 0.717) is 18.4 Å². The van der Waals surface area contributed by atoms with Crippen LogP contribution in [0.15, 0.2) is 0 Å². The minimum Gasteiger partial charge on any atom is -0.330 e. The van der Waals surface area contributed by atoms with Crippen LogP contribution in [0.1, 0.15) is 13.3 Å². The number of rotatable bonds is 3. The van der Waals surface area contributed by atoms with Gasteiger partial charge in [-0.15, -0.1) is 0 Å². The molecule has 0 spiro atoms. The Labute approximate surface area is 73.9 Å². The molecule has 12 heavy (non-hydrogen) atoms. The van der Waals surface area contributed by atoms with Crippen molar-refractivity contribution in [2.45, 2.75) is 13.3 Å². The number of hydrogen-bond acceptors (Lipinski definition) is 2. The van der Waals surface area contributed by atoms with Crippen LogP contribution in [-0.2, 0) is 0 Å². The van der Waals surface area contributed by atoms with Gasteiger partial charge in [0.05, 0.1) is 0 Å². The first-order chi connectivity index (χ1) is 5.77. The Balaban J connectivity index is 2.33. The lowest BCUT2D eigenvalue weighted by Gasteiger charge is -2.35. The first-order valence-corrected chi connectivity index (χ1v) is 4.76.